The van der Waals surface area contributed by atoms with Crippen LogP contribution in [0.5, 0.6) is 0 Å². The molecule has 0 N–H and O–H groups in total. The SMILES string of the molecule is c1ccc(-c2ccc(N(c3ccc4c(c3)sc3ccc(N(c5ccc(-c6ccccc6)cc5)c5ccc(-c6ccccc6)cc5)cc34)c3ccc4sc5ccccc5c4c3)cc2)cc1. The minimum atomic E-state index is 1.11. The highest BCUT2D eigenvalue weighted by Gasteiger charge is 2.19. The van der Waals surface area contributed by atoms with Crippen molar-refractivity contribution in [3.8, 4) is 33.4 Å². The van der Waals surface area contributed by atoms with Crippen LogP contribution >= 0.6 is 22.7 Å². The van der Waals surface area contributed by atoms with Gasteiger partial charge in [0, 0.05) is 74.5 Å². The normalized spacial score (nSPS) is 11.4. The van der Waals surface area contributed by atoms with Gasteiger partial charge in [-0.15, -0.1) is 22.7 Å². The van der Waals surface area contributed by atoms with E-state index in [-0.39, 0.29) is 0 Å². The quantitative estimate of drug-likeness (QED) is 0.143. The second-order valence-electron chi connectivity index (χ2n) is 16.2. The summed E-state index contributed by atoms with van der Waals surface area (Å²) in [6.07, 6.45) is 0. The van der Waals surface area contributed by atoms with Crippen LogP contribution in [0.4, 0.5) is 34.1 Å². The van der Waals surface area contributed by atoms with Gasteiger partial charge in [0.1, 0.15) is 0 Å². The van der Waals surface area contributed by atoms with Crippen molar-refractivity contribution < 1.29 is 0 Å². The van der Waals surface area contributed by atoms with Crippen molar-refractivity contribution in [3.05, 3.63) is 243 Å². The van der Waals surface area contributed by atoms with Crippen LogP contribution in [0.3, 0.4) is 0 Å². The first-order chi connectivity index (χ1) is 31.7. The van der Waals surface area contributed by atoms with Gasteiger partial charge in [0.25, 0.3) is 0 Å². The monoisotopic (exact) mass is 852 g/mol. The van der Waals surface area contributed by atoms with Crippen molar-refractivity contribution in [2.24, 2.45) is 0 Å². The third-order valence-electron chi connectivity index (χ3n) is 12.3. The number of anilines is 6. The molecule has 302 valence electrons. The number of rotatable bonds is 9. The highest BCUT2D eigenvalue weighted by atomic mass is 32.1. The maximum Gasteiger partial charge on any atom is 0.0476 e. The summed E-state index contributed by atoms with van der Waals surface area (Å²) >= 11 is 3.71. The van der Waals surface area contributed by atoms with E-state index >= 15 is 0 Å². The van der Waals surface area contributed by atoms with E-state index in [1.54, 1.807) is 0 Å². The zero-order chi connectivity index (χ0) is 42.4. The summed E-state index contributed by atoms with van der Waals surface area (Å²) in [5.74, 6) is 0. The molecule has 0 atom stereocenters. The second kappa shape index (κ2) is 16.2. The van der Waals surface area contributed by atoms with E-state index in [0.717, 1.165) is 34.1 Å². The van der Waals surface area contributed by atoms with Crippen LogP contribution in [-0.2, 0) is 0 Å². The third kappa shape index (κ3) is 7.00. The molecular weight excluding hydrogens is 813 g/mol. The maximum atomic E-state index is 2.41. The summed E-state index contributed by atoms with van der Waals surface area (Å²) in [7, 11) is 0. The fourth-order valence-electron chi connectivity index (χ4n) is 9.08. The molecule has 10 aromatic carbocycles. The summed E-state index contributed by atoms with van der Waals surface area (Å²) in [5.41, 5.74) is 14.0. The molecule has 0 bridgehead atoms. The van der Waals surface area contributed by atoms with E-state index in [4.69, 9.17) is 0 Å². The molecule has 0 saturated carbocycles. The molecule has 12 aromatic rings. The van der Waals surface area contributed by atoms with Gasteiger partial charge >= 0.3 is 0 Å². The molecule has 0 aliphatic heterocycles. The molecule has 0 saturated heterocycles. The zero-order valence-corrected chi connectivity index (χ0v) is 36.4. The minimum Gasteiger partial charge on any atom is -0.310 e. The lowest BCUT2D eigenvalue weighted by Gasteiger charge is -2.26. The van der Waals surface area contributed by atoms with Crippen molar-refractivity contribution in [1.82, 2.24) is 0 Å². The molecule has 0 spiro atoms. The predicted molar refractivity (Wildman–Crippen MR) is 278 cm³/mol. The molecule has 12 rings (SSSR count). The first-order valence-corrected chi connectivity index (χ1v) is 23.3. The first-order valence-electron chi connectivity index (χ1n) is 21.6. The van der Waals surface area contributed by atoms with Gasteiger partial charge in [-0.25, -0.2) is 0 Å². The van der Waals surface area contributed by atoms with E-state index in [1.807, 2.05) is 22.7 Å². The molecule has 0 fully saturated rings. The average molecular weight is 853 g/mol. The molecule has 2 nitrogen and oxygen atoms in total. The maximum absolute atomic E-state index is 2.41. The molecule has 0 aliphatic rings. The van der Waals surface area contributed by atoms with Crippen LogP contribution in [0, 0.1) is 0 Å². The zero-order valence-electron chi connectivity index (χ0n) is 34.8. The molecule has 64 heavy (non-hydrogen) atoms. The lowest BCUT2D eigenvalue weighted by molar-refractivity contribution is 1.29. The Morgan fingerprint density at radius 2 is 0.516 bits per heavy atom. The number of fused-ring (bicyclic) bond motifs is 6. The van der Waals surface area contributed by atoms with Crippen LogP contribution in [0.25, 0.3) is 73.7 Å². The molecule has 2 heterocycles. The second-order valence-corrected chi connectivity index (χ2v) is 18.3. The fraction of sp³-hybridized carbons (Fsp3) is 0. The molecular formula is C60H40N2S2. The van der Waals surface area contributed by atoms with E-state index in [1.165, 1.54) is 73.7 Å². The Hall–Kier alpha value is -7.76. The van der Waals surface area contributed by atoms with Gasteiger partial charge in [-0.2, -0.15) is 0 Å². The number of thiophene rings is 2. The van der Waals surface area contributed by atoms with Crippen LogP contribution in [-0.4, -0.2) is 0 Å². The van der Waals surface area contributed by atoms with Crippen molar-refractivity contribution in [3.63, 3.8) is 0 Å². The Kier molecular flexibility index (Phi) is 9.59. The van der Waals surface area contributed by atoms with Crippen molar-refractivity contribution in [2.75, 3.05) is 9.80 Å². The molecule has 2 aromatic heterocycles. The van der Waals surface area contributed by atoms with Gasteiger partial charge in [-0.05, 0) is 124 Å². The Balaban J connectivity index is 0.962. The van der Waals surface area contributed by atoms with E-state index in [2.05, 4.69) is 252 Å². The number of hydrogen-bond donors (Lipinski definition) is 0. The molecule has 0 aliphatic carbocycles. The van der Waals surface area contributed by atoms with Crippen molar-refractivity contribution in [2.45, 2.75) is 0 Å². The van der Waals surface area contributed by atoms with Crippen LogP contribution in [0.15, 0.2) is 243 Å². The number of hydrogen-bond acceptors (Lipinski definition) is 4. The Morgan fingerprint density at radius 1 is 0.203 bits per heavy atom. The lowest BCUT2D eigenvalue weighted by Crippen LogP contribution is -2.10. The van der Waals surface area contributed by atoms with Gasteiger partial charge in [-0.3, -0.25) is 0 Å². The largest absolute Gasteiger partial charge is 0.310 e. The molecule has 4 heteroatoms. The molecule has 0 radical (unpaired) electrons. The first kappa shape index (κ1) is 38.0. The van der Waals surface area contributed by atoms with Crippen LogP contribution in [0.1, 0.15) is 0 Å². The topological polar surface area (TPSA) is 6.48 Å². The molecule has 0 unspecified atom stereocenters. The van der Waals surface area contributed by atoms with E-state index in [9.17, 15) is 0 Å². The van der Waals surface area contributed by atoms with Crippen molar-refractivity contribution in [1.29, 1.82) is 0 Å². The highest BCUT2D eigenvalue weighted by Crippen LogP contribution is 2.45. The predicted octanol–water partition coefficient (Wildman–Crippen LogP) is 18.4. The fourth-order valence-corrected chi connectivity index (χ4v) is 11.3. The van der Waals surface area contributed by atoms with Gasteiger partial charge in [0.15, 0.2) is 0 Å². The van der Waals surface area contributed by atoms with Crippen LogP contribution in [0.2, 0.25) is 0 Å². The van der Waals surface area contributed by atoms with Gasteiger partial charge in [-0.1, -0.05) is 152 Å². The third-order valence-corrected chi connectivity index (χ3v) is 14.6. The highest BCUT2D eigenvalue weighted by molar-refractivity contribution is 7.26. The van der Waals surface area contributed by atoms with E-state index < -0.39 is 0 Å². The van der Waals surface area contributed by atoms with Gasteiger partial charge < -0.3 is 9.80 Å². The lowest BCUT2D eigenvalue weighted by atomic mass is 10.0. The summed E-state index contributed by atoms with van der Waals surface area (Å²) < 4.78 is 5.13. The Labute approximate surface area is 380 Å². The van der Waals surface area contributed by atoms with E-state index in [0.29, 0.717) is 0 Å². The number of nitrogens with zero attached hydrogens (tertiary/aromatic N) is 2. The van der Waals surface area contributed by atoms with Crippen molar-refractivity contribution >= 4 is 97.1 Å². The number of benzene rings is 10. The summed E-state index contributed by atoms with van der Waals surface area (Å²) in [6.45, 7) is 0. The summed E-state index contributed by atoms with van der Waals surface area (Å²) in [5, 5.41) is 5.09. The minimum absolute atomic E-state index is 1.11. The summed E-state index contributed by atoms with van der Waals surface area (Å²) in [6, 6.07) is 88.3. The average Bonchev–Trinajstić information content (AvgIpc) is 3.93. The standard InChI is InChI=1S/C60H40N2S2/c1-4-12-41(13-5-1)44-20-26-47(27-21-44)61(48-28-22-45(23-29-48)42-14-6-2-7-15-42)50-33-37-59-56(38-50)54-35-32-52(40-60(54)64-59)62(49-30-24-46(25-31-49)43-16-8-3-9-17-43)51-34-36-58-55(39-51)53-18-10-11-19-57(53)63-58/h1-40H. The van der Waals surface area contributed by atoms with Crippen LogP contribution < -0.4 is 9.80 Å². The van der Waals surface area contributed by atoms with Gasteiger partial charge in [0.2, 0.25) is 0 Å². The molecule has 0 amide bonds. The van der Waals surface area contributed by atoms with Gasteiger partial charge in [0.05, 0.1) is 0 Å². The Bertz CT molecular complexity index is 3490. The summed E-state index contributed by atoms with van der Waals surface area (Å²) in [4.78, 5) is 4.79. The smallest absolute Gasteiger partial charge is 0.0476 e. The Morgan fingerprint density at radius 3 is 0.984 bits per heavy atom.